The fourth-order valence-corrected chi connectivity index (χ4v) is 5.52. The Morgan fingerprint density at radius 1 is 1.02 bits per heavy atom. The molecule has 0 saturated carbocycles. The van der Waals surface area contributed by atoms with Crippen molar-refractivity contribution >= 4 is 21.6 Å². The first-order valence-corrected chi connectivity index (χ1v) is 14.5. The number of amides is 1. The van der Waals surface area contributed by atoms with E-state index in [-0.39, 0.29) is 42.7 Å². The van der Waals surface area contributed by atoms with Gasteiger partial charge in [0.25, 0.3) is 5.91 Å². The van der Waals surface area contributed by atoms with E-state index in [1.54, 1.807) is 42.5 Å². The second-order valence-electron chi connectivity index (χ2n) is 9.45. The maximum Gasteiger partial charge on any atom is 0.416 e. The molecule has 41 heavy (non-hydrogen) atoms. The largest absolute Gasteiger partial charge is 0.494 e. The highest BCUT2D eigenvalue weighted by molar-refractivity contribution is 7.91. The molecule has 0 aromatic heterocycles. The number of hydrogen-bond donors (Lipinski definition) is 2. The number of rotatable bonds is 12. The van der Waals surface area contributed by atoms with Crippen LogP contribution in [0.5, 0.6) is 5.75 Å². The zero-order valence-electron chi connectivity index (χ0n) is 21.9. The number of hydrogen-bond acceptors (Lipinski definition) is 7. The molecular formula is C29H29F3N2O6S. The summed E-state index contributed by atoms with van der Waals surface area (Å²) in [6.45, 7) is 0.0340. The van der Waals surface area contributed by atoms with E-state index >= 15 is 0 Å². The molecule has 8 nitrogen and oxygen atoms in total. The van der Waals surface area contributed by atoms with Gasteiger partial charge in [-0.15, -0.1) is 0 Å². The first-order valence-electron chi connectivity index (χ1n) is 12.8. The zero-order valence-corrected chi connectivity index (χ0v) is 22.7. The molecule has 0 fully saturated rings. The third-order valence-electron chi connectivity index (χ3n) is 6.48. The van der Waals surface area contributed by atoms with Crippen molar-refractivity contribution in [3.63, 3.8) is 0 Å². The second kappa shape index (κ2) is 12.7. The number of alkyl halides is 3. The molecule has 0 unspecified atom stereocenters. The van der Waals surface area contributed by atoms with Gasteiger partial charge in [-0.2, -0.15) is 13.2 Å². The summed E-state index contributed by atoms with van der Waals surface area (Å²) in [7, 11) is -3.75. The molecule has 3 aromatic carbocycles. The summed E-state index contributed by atoms with van der Waals surface area (Å²) in [5.41, 5.74) is -1.42. The van der Waals surface area contributed by atoms with Gasteiger partial charge >= 0.3 is 6.18 Å². The number of carbonyl (C=O) groups is 1. The second-order valence-corrected chi connectivity index (χ2v) is 11.6. The van der Waals surface area contributed by atoms with Gasteiger partial charge in [0.05, 0.1) is 22.8 Å². The van der Waals surface area contributed by atoms with Crippen LogP contribution in [0.4, 0.5) is 13.2 Å². The molecule has 1 aliphatic rings. The first-order chi connectivity index (χ1) is 19.5. The van der Waals surface area contributed by atoms with E-state index < -0.39 is 33.0 Å². The molecule has 2 N–H and O–H groups in total. The normalized spacial score (nSPS) is 17.0. The van der Waals surface area contributed by atoms with Crippen molar-refractivity contribution in [1.82, 2.24) is 5.32 Å². The number of aliphatic hydroxyl groups is 1. The number of halogens is 3. The van der Waals surface area contributed by atoms with Gasteiger partial charge < -0.3 is 19.9 Å². The highest BCUT2D eigenvalue weighted by atomic mass is 32.2. The zero-order chi connectivity index (χ0) is 29.5. The number of nitrogens with zero attached hydrogens (tertiary/aromatic N) is 1. The van der Waals surface area contributed by atoms with Crippen LogP contribution in [0.25, 0.3) is 0 Å². The molecule has 0 saturated heterocycles. The van der Waals surface area contributed by atoms with Crippen molar-refractivity contribution in [1.29, 1.82) is 0 Å². The monoisotopic (exact) mass is 590 g/mol. The molecule has 1 heterocycles. The van der Waals surface area contributed by atoms with Crippen LogP contribution in [0, 0.1) is 0 Å². The summed E-state index contributed by atoms with van der Waals surface area (Å²) in [5, 5.41) is 11.6. The number of nitrogens with one attached hydrogen (secondary N) is 1. The van der Waals surface area contributed by atoms with Crippen molar-refractivity contribution in [2.75, 3.05) is 25.6 Å². The number of benzene rings is 3. The smallest absolute Gasteiger partial charge is 0.416 e. The Labute approximate surface area is 235 Å². The topological polar surface area (TPSA) is 114 Å². The third-order valence-corrected chi connectivity index (χ3v) is 8.21. The van der Waals surface area contributed by atoms with Gasteiger partial charge in [0.15, 0.2) is 15.4 Å². The molecule has 1 atom stereocenters. The summed E-state index contributed by atoms with van der Waals surface area (Å²) in [5.74, 6) is -0.286. The van der Waals surface area contributed by atoms with Crippen molar-refractivity contribution in [3.8, 4) is 5.75 Å². The molecule has 0 spiro atoms. The summed E-state index contributed by atoms with van der Waals surface area (Å²) in [4.78, 5) is 18.1. The van der Waals surface area contributed by atoms with E-state index in [2.05, 4.69) is 10.3 Å². The van der Waals surface area contributed by atoms with Gasteiger partial charge in [0.2, 0.25) is 5.90 Å². The van der Waals surface area contributed by atoms with Gasteiger partial charge in [-0.25, -0.2) is 13.4 Å². The molecule has 1 amide bonds. The summed E-state index contributed by atoms with van der Waals surface area (Å²) in [6, 6.07) is 19.0. The lowest BCUT2D eigenvalue weighted by atomic mass is 9.97. The molecule has 3 aromatic rings. The van der Waals surface area contributed by atoms with Crippen molar-refractivity contribution in [2.24, 2.45) is 4.99 Å². The van der Waals surface area contributed by atoms with Crippen LogP contribution >= 0.6 is 0 Å². The molecule has 0 aliphatic carbocycles. The lowest BCUT2D eigenvalue weighted by Crippen LogP contribution is -2.47. The minimum absolute atomic E-state index is 0.00569. The minimum Gasteiger partial charge on any atom is -0.494 e. The molecule has 218 valence electrons. The molecule has 0 radical (unpaired) electrons. The van der Waals surface area contributed by atoms with E-state index in [0.29, 0.717) is 29.9 Å². The Kier molecular flexibility index (Phi) is 9.34. The van der Waals surface area contributed by atoms with Crippen LogP contribution in [0.3, 0.4) is 0 Å². The quantitative estimate of drug-likeness (QED) is 0.306. The first kappa shape index (κ1) is 30.1. The average Bonchev–Trinajstić information content (AvgIpc) is 3.41. The molecule has 1 aliphatic heterocycles. The standard InChI is InChI=1S/C29H29F3N2O6S/c30-29(31,32)23-11-7-21(8-12-23)19-33-27(36)28(15-18-41(37,38)25-5-2-1-3-6-25)20-40-26(34-28)22-9-13-24(14-10-22)39-17-4-16-35/h1-3,5-14,35H,4,15-20H2,(H,33,36)/t28-/m1/s1. The maximum atomic E-state index is 13.5. The Bertz CT molecular complexity index is 1460. The van der Waals surface area contributed by atoms with Crippen LogP contribution in [0.1, 0.15) is 29.5 Å². The molecule has 0 bridgehead atoms. The highest BCUT2D eigenvalue weighted by Gasteiger charge is 2.45. The third kappa shape index (κ3) is 7.65. The fourth-order valence-electron chi connectivity index (χ4n) is 4.11. The predicted molar refractivity (Wildman–Crippen MR) is 145 cm³/mol. The highest BCUT2D eigenvalue weighted by Crippen LogP contribution is 2.30. The van der Waals surface area contributed by atoms with Crippen LogP contribution < -0.4 is 10.1 Å². The van der Waals surface area contributed by atoms with Gasteiger partial charge in [-0.1, -0.05) is 30.3 Å². The van der Waals surface area contributed by atoms with Crippen molar-refractivity contribution < 1.29 is 41.0 Å². The minimum atomic E-state index is -4.48. The van der Waals surface area contributed by atoms with E-state index in [0.717, 1.165) is 12.1 Å². The summed E-state index contributed by atoms with van der Waals surface area (Å²) in [6.07, 6.45) is -4.19. The van der Waals surface area contributed by atoms with Gasteiger partial charge in [-0.05, 0) is 60.5 Å². The van der Waals surface area contributed by atoms with Gasteiger partial charge in [0, 0.05) is 25.1 Å². The number of carbonyl (C=O) groups excluding carboxylic acids is 1. The van der Waals surface area contributed by atoms with Crippen LogP contribution in [0.15, 0.2) is 88.8 Å². The molecule has 12 heteroatoms. The van der Waals surface area contributed by atoms with Crippen LogP contribution in [-0.2, 0) is 32.1 Å². The Balaban J connectivity index is 1.54. The SMILES string of the molecule is O=C(NCc1ccc(C(F)(F)F)cc1)[C@@]1(CCS(=O)(=O)c2ccccc2)COC(c2ccc(OCCCO)cc2)=N1. The van der Waals surface area contributed by atoms with E-state index in [9.17, 15) is 26.4 Å². The van der Waals surface area contributed by atoms with E-state index in [1.807, 2.05) is 0 Å². The van der Waals surface area contributed by atoms with Gasteiger partial charge in [-0.3, -0.25) is 4.79 Å². The van der Waals surface area contributed by atoms with E-state index in [1.165, 1.54) is 24.3 Å². The lowest BCUT2D eigenvalue weighted by molar-refractivity contribution is -0.137. The molecular weight excluding hydrogens is 561 g/mol. The van der Waals surface area contributed by atoms with Crippen molar-refractivity contribution in [3.05, 3.63) is 95.6 Å². The molecule has 4 rings (SSSR count). The number of ether oxygens (including phenoxy) is 2. The Morgan fingerprint density at radius 2 is 1.71 bits per heavy atom. The predicted octanol–water partition coefficient (Wildman–Crippen LogP) is 4.16. The summed E-state index contributed by atoms with van der Waals surface area (Å²) >= 11 is 0. The Morgan fingerprint density at radius 3 is 2.34 bits per heavy atom. The lowest BCUT2D eigenvalue weighted by Gasteiger charge is -2.23. The van der Waals surface area contributed by atoms with Crippen LogP contribution in [-0.4, -0.2) is 56.4 Å². The fraction of sp³-hybridized carbons (Fsp3) is 0.310. The maximum absolute atomic E-state index is 13.5. The Hall–Kier alpha value is -3.90. The van der Waals surface area contributed by atoms with Crippen LogP contribution in [0.2, 0.25) is 0 Å². The summed E-state index contributed by atoms with van der Waals surface area (Å²) < 4.78 is 76.0. The number of aliphatic hydroxyl groups excluding tert-OH is 1. The van der Waals surface area contributed by atoms with Gasteiger partial charge in [0.1, 0.15) is 12.4 Å². The van der Waals surface area contributed by atoms with E-state index in [4.69, 9.17) is 14.6 Å². The number of aliphatic imine (C=N–C) groups is 1. The van der Waals surface area contributed by atoms with Crippen molar-refractivity contribution in [2.45, 2.75) is 36.0 Å². The number of sulfone groups is 1. The average molecular weight is 591 g/mol.